The van der Waals surface area contributed by atoms with Crippen molar-refractivity contribution in [2.24, 2.45) is 0 Å². The van der Waals surface area contributed by atoms with Crippen LogP contribution in [0.15, 0.2) is 0 Å². The van der Waals surface area contributed by atoms with Crippen molar-refractivity contribution in [3.05, 3.63) is 0 Å². The van der Waals surface area contributed by atoms with Gasteiger partial charge in [-0.2, -0.15) is 5.26 Å². The van der Waals surface area contributed by atoms with Crippen molar-refractivity contribution in [3.8, 4) is 6.07 Å². The maximum Gasteiger partial charge on any atom is 0.104 e. The summed E-state index contributed by atoms with van der Waals surface area (Å²) in [5, 5.41) is 9.25. The summed E-state index contributed by atoms with van der Waals surface area (Å²) in [4.78, 5) is 2.64. The smallest absolute Gasteiger partial charge is 0.104 e. The van der Waals surface area contributed by atoms with Crippen molar-refractivity contribution in [2.75, 3.05) is 19.3 Å². The highest BCUT2D eigenvalue weighted by atomic mass is 32.2. The minimum atomic E-state index is -0.0782. The zero-order chi connectivity index (χ0) is 11.4. The molecule has 0 atom stereocenters. The molecule has 2 aliphatic rings. The number of hydrogen-bond acceptors (Lipinski definition) is 3. The summed E-state index contributed by atoms with van der Waals surface area (Å²) < 4.78 is -0.0782. The number of hydrogen-bond donors (Lipinski definition) is 0. The van der Waals surface area contributed by atoms with E-state index in [-0.39, 0.29) is 4.75 Å². The van der Waals surface area contributed by atoms with Crippen LogP contribution in [0, 0.1) is 11.3 Å². The minimum Gasteiger partial charge on any atom is -0.300 e. The van der Waals surface area contributed by atoms with Crippen LogP contribution < -0.4 is 0 Å². The number of nitriles is 1. The highest BCUT2D eigenvalue weighted by molar-refractivity contribution is 8.00. The fourth-order valence-electron chi connectivity index (χ4n) is 3.06. The van der Waals surface area contributed by atoms with Crippen molar-refractivity contribution >= 4 is 11.8 Å². The molecule has 1 saturated heterocycles. The Balaban J connectivity index is 1.87. The molecule has 1 aliphatic carbocycles. The SMILES string of the molecule is CSC1(C#N)CCN(C2CCCCC2)CC1. The molecule has 1 saturated carbocycles. The van der Waals surface area contributed by atoms with Gasteiger partial charge in [-0.3, -0.25) is 0 Å². The van der Waals surface area contributed by atoms with Gasteiger partial charge in [0.15, 0.2) is 0 Å². The van der Waals surface area contributed by atoms with Gasteiger partial charge in [0, 0.05) is 19.1 Å². The van der Waals surface area contributed by atoms with Crippen LogP contribution in [-0.2, 0) is 0 Å². The summed E-state index contributed by atoms with van der Waals surface area (Å²) in [5.74, 6) is 0. The Kier molecular flexibility index (Phi) is 4.16. The fraction of sp³-hybridized carbons (Fsp3) is 0.923. The fourth-order valence-corrected chi connectivity index (χ4v) is 3.74. The molecule has 0 unspecified atom stereocenters. The van der Waals surface area contributed by atoms with E-state index in [9.17, 15) is 5.26 Å². The van der Waals surface area contributed by atoms with Crippen molar-refractivity contribution < 1.29 is 0 Å². The average molecular weight is 238 g/mol. The van der Waals surface area contributed by atoms with Gasteiger partial charge in [-0.1, -0.05) is 19.3 Å². The van der Waals surface area contributed by atoms with Crippen molar-refractivity contribution in [2.45, 2.75) is 55.7 Å². The third-order valence-electron chi connectivity index (χ3n) is 4.29. The van der Waals surface area contributed by atoms with Gasteiger partial charge in [0.05, 0.1) is 6.07 Å². The highest BCUT2D eigenvalue weighted by Gasteiger charge is 2.36. The molecular weight excluding hydrogens is 216 g/mol. The third-order valence-corrected chi connectivity index (χ3v) is 5.57. The summed E-state index contributed by atoms with van der Waals surface area (Å²) in [6.07, 6.45) is 11.2. The lowest BCUT2D eigenvalue weighted by Crippen LogP contribution is -2.46. The molecule has 2 nitrogen and oxygen atoms in total. The molecule has 90 valence electrons. The highest BCUT2D eigenvalue weighted by Crippen LogP contribution is 2.35. The van der Waals surface area contributed by atoms with Crippen LogP contribution >= 0.6 is 11.8 Å². The summed E-state index contributed by atoms with van der Waals surface area (Å²) in [6, 6.07) is 3.35. The molecule has 0 aromatic rings. The van der Waals surface area contributed by atoms with Gasteiger partial charge >= 0.3 is 0 Å². The van der Waals surface area contributed by atoms with Crippen molar-refractivity contribution in [1.29, 1.82) is 5.26 Å². The first-order chi connectivity index (χ1) is 7.79. The molecule has 0 aromatic heterocycles. The lowest BCUT2D eigenvalue weighted by atomic mass is 9.90. The van der Waals surface area contributed by atoms with E-state index in [2.05, 4.69) is 17.2 Å². The predicted molar refractivity (Wildman–Crippen MR) is 69.5 cm³/mol. The van der Waals surface area contributed by atoms with Gasteiger partial charge in [0.1, 0.15) is 4.75 Å². The molecular formula is C13H22N2S. The molecule has 2 fully saturated rings. The molecule has 0 aromatic carbocycles. The van der Waals surface area contributed by atoms with Gasteiger partial charge < -0.3 is 4.90 Å². The molecule has 3 heteroatoms. The second-order valence-corrected chi connectivity index (χ2v) is 6.33. The monoisotopic (exact) mass is 238 g/mol. The van der Waals surface area contributed by atoms with Crippen LogP contribution in [0.2, 0.25) is 0 Å². The first kappa shape index (κ1) is 12.3. The molecule has 16 heavy (non-hydrogen) atoms. The first-order valence-corrected chi connectivity index (χ1v) is 7.72. The maximum atomic E-state index is 9.25. The van der Waals surface area contributed by atoms with Crippen LogP contribution in [0.4, 0.5) is 0 Å². The van der Waals surface area contributed by atoms with Crippen LogP contribution in [0.1, 0.15) is 44.9 Å². The average Bonchev–Trinajstić information content (AvgIpc) is 2.40. The lowest BCUT2D eigenvalue weighted by molar-refractivity contribution is 0.124. The summed E-state index contributed by atoms with van der Waals surface area (Å²) in [7, 11) is 0. The normalized spacial score (nSPS) is 27.5. The van der Waals surface area contributed by atoms with Crippen LogP contribution in [0.5, 0.6) is 0 Å². The Morgan fingerprint density at radius 1 is 1.19 bits per heavy atom. The molecule has 0 amide bonds. The van der Waals surface area contributed by atoms with E-state index in [1.165, 1.54) is 32.1 Å². The van der Waals surface area contributed by atoms with Crippen LogP contribution in [-0.4, -0.2) is 35.0 Å². The molecule has 0 radical (unpaired) electrons. The van der Waals surface area contributed by atoms with E-state index in [0.717, 1.165) is 32.0 Å². The minimum absolute atomic E-state index is 0.0782. The first-order valence-electron chi connectivity index (χ1n) is 6.50. The molecule has 2 rings (SSSR count). The lowest BCUT2D eigenvalue weighted by Gasteiger charge is -2.41. The molecule has 0 bridgehead atoms. The Labute approximate surface area is 103 Å². The van der Waals surface area contributed by atoms with E-state index in [0.29, 0.717) is 0 Å². The zero-order valence-corrected chi connectivity index (χ0v) is 11.1. The summed E-state index contributed by atoms with van der Waals surface area (Å²) in [6.45, 7) is 2.28. The van der Waals surface area contributed by atoms with Crippen LogP contribution in [0.25, 0.3) is 0 Å². The molecule has 0 spiro atoms. The Bertz CT molecular complexity index is 258. The van der Waals surface area contributed by atoms with E-state index in [1.54, 1.807) is 11.8 Å². The molecule has 1 aliphatic heterocycles. The Hall–Kier alpha value is -0.200. The van der Waals surface area contributed by atoms with Gasteiger partial charge in [-0.25, -0.2) is 0 Å². The second-order valence-electron chi connectivity index (χ2n) is 5.14. The van der Waals surface area contributed by atoms with Gasteiger partial charge in [0.25, 0.3) is 0 Å². The van der Waals surface area contributed by atoms with Gasteiger partial charge in [0.2, 0.25) is 0 Å². The Morgan fingerprint density at radius 2 is 1.81 bits per heavy atom. The largest absolute Gasteiger partial charge is 0.300 e. The Morgan fingerprint density at radius 3 is 2.31 bits per heavy atom. The summed E-state index contributed by atoms with van der Waals surface area (Å²) in [5.41, 5.74) is 0. The van der Waals surface area contributed by atoms with E-state index < -0.39 is 0 Å². The zero-order valence-electron chi connectivity index (χ0n) is 10.2. The number of rotatable bonds is 2. The van der Waals surface area contributed by atoms with E-state index in [4.69, 9.17) is 0 Å². The number of likely N-dealkylation sites (tertiary alicyclic amines) is 1. The predicted octanol–water partition coefficient (Wildman–Crippen LogP) is 3.04. The summed E-state index contributed by atoms with van der Waals surface area (Å²) >= 11 is 1.75. The van der Waals surface area contributed by atoms with Crippen molar-refractivity contribution in [1.82, 2.24) is 4.90 Å². The second kappa shape index (κ2) is 5.42. The third kappa shape index (κ3) is 2.55. The maximum absolute atomic E-state index is 9.25. The standard InChI is InChI=1S/C13H22N2S/c1-16-13(11-14)7-9-15(10-8-13)12-5-3-2-4-6-12/h12H,2-10H2,1H3. The van der Waals surface area contributed by atoms with E-state index in [1.807, 2.05) is 0 Å². The molecule has 1 heterocycles. The number of nitrogens with zero attached hydrogens (tertiary/aromatic N) is 2. The quantitative estimate of drug-likeness (QED) is 0.740. The van der Waals surface area contributed by atoms with Gasteiger partial charge in [-0.15, -0.1) is 11.8 Å². The van der Waals surface area contributed by atoms with E-state index >= 15 is 0 Å². The number of piperidine rings is 1. The van der Waals surface area contributed by atoms with Gasteiger partial charge in [-0.05, 0) is 31.9 Å². The topological polar surface area (TPSA) is 27.0 Å². The number of thioether (sulfide) groups is 1. The van der Waals surface area contributed by atoms with Crippen LogP contribution in [0.3, 0.4) is 0 Å². The van der Waals surface area contributed by atoms with Crippen molar-refractivity contribution in [3.63, 3.8) is 0 Å². The molecule has 0 N–H and O–H groups in total.